The summed E-state index contributed by atoms with van der Waals surface area (Å²) in [5.41, 5.74) is 2.99. The molecule has 2 aromatic carbocycles. The van der Waals surface area contributed by atoms with E-state index in [0.717, 1.165) is 33.8 Å². The van der Waals surface area contributed by atoms with E-state index in [2.05, 4.69) is 15.3 Å². The first-order valence-electron chi connectivity index (χ1n) is 7.07. The molecule has 0 unspecified atom stereocenters. The zero-order valence-electron chi connectivity index (χ0n) is 12.3. The van der Waals surface area contributed by atoms with Crippen molar-refractivity contribution < 1.29 is 4.79 Å². The van der Waals surface area contributed by atoms with Crippen molar-refractivity contribution in [3.63, 3.8) is 0 Å². The molecule has 4 aromatic rings. The largest absolute Gasteiger partial charge is 0.298 e. The highest BCUT2D eigenvalue weighted by Gasteiger charge is 2.12. The lowest BCUT2D eigenvalue weighted by Crippen LogP contribution is -2.07. The van der Waals surface area contributed by atoms with Crippen LogP contribution in [0.2, 0.25) is 0 Å². The number of aryl methyl sites for hydroxylation is 1. The van der Waals surface area contributed by atoms with Crippen molar-refractivity contribution in [2.24, 2.45) is 7.05 Å². The van der Waals surface area contributed by atoms with Crippen molar-refractivity contribution in [1.82, 2.24) is 20.0 Å². The van der Waals surface area contributed by atoms with Crippen LogP contribution in [0.3, 0.4) is 0 Å². The highest BCUT2D eigenvalue weighted by molar-refractivity contribution is 5.98. The summed E-state index contributed by atoms with van der Waals surface area (Å²) in [5.74, 6) is 0. The van der Waals surface area contributed by atoms with Crippen molar-refractivity contribution in [2.75, 3.05) is 0 Å². The first-order valence-corrected chi connectivity index (χ1v) is 7.07. The van der Waals surface area contributed by atoms with E-state index in [9.17, 15) is 9.59 Å². The van der Waals surface area contributed by atoms with Crippen LogP contribution >= 0.6 is 0 Å². The van der Waals surface area contributed by atoms with Crippen molar-refractivity contribution in [2.45, 2.75) is 0 Å². The SMILES string of the molecule is Cn1nc(-c2ccc3c(=O)[nH]ncc3c2)c2ccc(C=O)cc21. The topological polar surface area (TPSA) is 80.6 Å². The smallest absolute Gasteiger partial charge is 0.272 e. The molecule has 2 heterocycles. The second kappa shape index (κ2) is 4.88. The van der Waals surface area contributed by atoms with E-state index < -0.39 is 0 Å². The van der Waals surface area contributed by atoms with Crippen LogP contribution in [0.15, 0.2) is 47.4 Å². The second-order valence-corrected chi connectivity index (χ2v) is 5.37. The Balaban J connectivity index is 1.99. The molecule has 0 bridgehead atoms. The predicted molar refractivity (Wildman–Crippen MR) is 87.5 cm³/mol. The van der Waals surface area contributed by atoms with Gasteiger partial charge in [0.05, 0.1) is 17.1 Å². The van der Waals surface area contributed by atoms with E-state index in [1.165, 1.54) is 0 Å². The monoisotopic (exact) mass is 304 g/mol. The quantitative estimate of drug-likeness (QED) is 0.576. The van der Waals surface area contributed by atoms with Gasteiger partial charge in [-0.2, -0.15) is 10.2 Å². The minimum absolute atomic E-state index is 0.212. The molecule has 2 aromatic heterocycles. The van der Waals surface area contributed by atoms with Crippen LogP contribution in [-0.2, 0) is 7.05 Å². The van der Waals surface area contributed by atoms with Crippen LogP contribution in [-0.4, -0.2) is 26.3 Å². The van der Waals surface area contributed by atoms with Crippen molar-refractivity contribution in [3.8, 4) is 11.3 Å². The molecule has 0 amide bonds. The summed E-state index contributed by atoms with van der Waals surface area (Å²) < 4.78 is 1.75. The molecule has 112 valence electrons. The predicted octanol–water partition coefficient (Wildman–Crippen LogP) is 2.29. The Labute approximate surface area is 130 Å². The molecule has 0 atom stereocenters. The van der Waals surface area contributed by atoms with E-state index in [4.69, 9.17) is 0 Å². The number of hydrogen-bond donors (Lipinski definition) is 1. The number of fused-ring (bicyclic) bond motifs is 2. The maximum absolute atomic E-state index is 11.7. The molecule has 4 rings (SSSR count). The van der Waals surface area contributed by atoms with Crippen LogP contribution in [0.5, 0.6) is 0 Å². The summed E-state index contributed by atoms with van der Waals surface area (Å²) in [6.45, 7) is 0. The van der Waals surface area contributed by atoms with E-state index in [1.807, 2.05) is 31.3 Å². The number of nitrogens with zero attached hydrogens (tertiary/aromatic N) is 3. The van der Waals surface area contributed by atoms with Crippen LogP contribution < -0.4 is 5.56 Å². The van der Waals surface area contributed by atoms with Crippen molar-refractivity contribution in [3.05, 3.63) is 58.5 Å². The summed E-state index contributed by atoms with van der Waals surface area (Å²) in [7, 11) is 1.84. The molecule has 0 spiro atoms. The van der Waals surface area contributed by atoms with E-state index >= 15 is 0 Å². The third-order valence-corrected chi connectivity index (χ3v) is 3.95. The number of rotatable bonds is 2. The molecule has 0 radical (unpaired) electrons. The van der Waals surface area contributed by atoms with Crippen LogP contribution in [0.1, 0.15) is 10.4 Å². The molecule has 0 aliphatic carbocycles. The molecule has 6 nitrogen and oxygen atoms in total. The van der Waals surface area contributed by atoms with Gasteiger partial charge in [0.15, 0.2) is 0 Å². The van der Waals surface area contributed by atoms with Gasteiger partial charge in [0, 0.05) is 28.9 Å². The fourth-order valence-electron chi connectivity index (χ4n) is 2.81. The Kier molecular flexibility index (Phi) is 2.84. The number of aromatic nitrogens is 4. The molecule has 23 heavy (non-hydrogen) atoms. The zero-order chi connectivity index (χ0) is 16.0. The first-order chi connectivity index (χ1) is 11.2. The zero-order valence-corrected chi connectivity index (χ0v) is 12.3. The molecule has 1 N–H and O–H groups in total. The molecule has 0 fully saturated rings. The number of H-pyrrole nitrogens is 1. The lowest BCUT2D eigenvalue weighted by molar-refractivity contribution is 0.112. The summed E-state index contributed by atoms with van der Waals surface area (Å²) in [6, 6.07) is 11.0. The van der Waals surface area contributed by atoms with E-state index in [0.29, 0.717) is 10.9 Å². The molecular formula is C17H12N4O2. The van der Waals surface area contributed by atoms with Gasteiger partial charge in [0.25, 0.3) is 5.56 Å². The van der Waals surface area contributed by atoms with Gasteiger partial charge in [-0.15, -0.1) is 0 Å². The lowest BCUT2D eigenvalue weighted by atomic mass is 10.0. The molecule has 6 heteroatoms. The lowest BCUT2D eigenvalue weighted by Gasteiger charge is -2.01. The van der Waals surface area contributed by atoms with Gasteiger partial charge in [-0.05, 0) is 24.3 Å². The highest BCUT2D eigenvalue weighted by atomic mass is 16.1. The van der Waals surface area contributed by atoms with E-state index in [1.54, 1.807) is 23.0 Å². The van der Waals surface area contributed by atoms with Crippen LogP contribution in [0.4, 0.5) is 0 Å². The average Bonchev–Trinajstić information content (AvgIpc) is 2.91. The maximum Gasteiger partial charge on any atom is 0.272 e. The van der Waals surface area contributed by atoms with Gasteiger partial charge >= 0.3 is 0 Å². The van der Waals surface area contributed by atoms with Gasteiger partial charge in [-0.3, -0.25) is 14.3 Å². The molecular weight excluding hydrogens is 292 g/mol. The normalized spacial score (nSPS) is 11.2. The number of carbonyl (C=O) groups excluding carboxylic acids is 1. The number of aromatic amines is 1. The molecule has 0 aliphatic heterocycles. The number of nitrogens with one attached hydrogen (secondary N) is 1. The fourth-order valence-corrected chi connectivity index (χ4v) is 2.81. The Hall–Kier alpha value is -3.28. The Morgan fingerprint density at radius 3 is 2.78 bits per heavy atom. The van der Waals surface area contributed by atoms with E-state index in [-0.39, 0.29) is 5.56 Å². The maximum atomic E-state index is 11.7. The number of carbonyl (C=O) groups is 1. The summed E-state index contributed by atoms with van der Waals surface area (Å²) in [6.07, 6.45) is 2.44. The number of aldehydes is 1. The second-order valence-electron chi connectivity index (χ2n) is 5.37. The number of benzene rings is 2. The van der Waals surface area contributed by atoms with Gasteiger partial charge < -0.3 is 0 Å². The van der Waals surface area contributed by atoms with Crippen LogP contribution in [0.25, 0.3) is 32.9 Å². The standard InChI is InChI=1S/C17H12N4O2/c1-21-15-6-10(9-22)2-4-14(15)16(20-21)11-3-5-13-12(7-11)8-18-19-17(13)23/h2-9H,1H3,(H,19,23). The average molecular weight is 304 g/mol. The number of hydrogen-bond acceptors (Lipinski definition) is 4. The molecule has 0 aliphatic rings. The summed E-state index contributed by atoms with van der Waals surface area (Å²) >= 11 is 0. The minimum atomic E-state index is -0.212. The van der Waals surface area contributed by atoms with Gasteiger partial charge in [-0.25, -0.2) is 5.10 Å². The molecule has 0 saturated heterocycles. The third-order valence-electron chi connectivity index (χ3n) is 3.95. The van der Waals surface area contributed by atoms with Crippen molar-refractivity contribution >= 4 is 28.0 Å². The Morgan fingerprint density at radius 1 is 1.13 bits per heavy atom. The Morgan fingerprint density at radius 2 is 1.96 bits per heavy atom. The first kappa shape index (κ1) is 13.4. The summed E-state index contributed by atoms with van der Waals surface area (Å²) in [5, 5.41) is 13.1. The van der Waals surface area contributed by atoms with Gasteiger partial charge in [-0.1, -0.05) is 12.1 Å². The van der Waals surface area contributed by atoms with Crippen molar-refractivity contribution in [1.29, 1.82) is 0 Å². The van der Waals surface area contributed by atoms with Gasteiger partial charge in [0.2, 0.25) is 0 Å². The molecule has 0 saturated carbocycles. The van der Waals surface area contributed by atoms with Crippen LogP contribution in [0, 0.1) is 0 Å². The third kappa shape index (κ3) is 2.03. The van der Waals surface area contributed by atoms with Gasteiger partial charge in [0.1, 0.15) is 12.0 Å². The highest BCUT2D eigenvalue weighted by Crippen LogP contribution is 2.29. The minimum Gasteiger partial charge on any atom is -0.298 e. The fraction of sp³-hybridized carbons (Fsp3) is 0.0588. The summed E-state index contributed by atoms with van der Waals surface area (Å²) in [4.78, 5) is 22.7. The Bertz CT molecular complexity index is 1120.